The molecule has 0 aliphatic rings. The van der Waals surface area contributed by atoms with Crippen molar-refractivity contribution in [1.82, 2.24) is 0 Å². The number of ketones is 1. The molecule has 0 N–H and O–H groups in total. The van der Waals surface area contributed by atoms with Crippen LogP contribution in [0.4, 0.5) is 0 Å². The fourth-order valence-electron chi connectivity index (χ4n) is 2.07. The van der Waals surface area contributed by atoms with Crippen LogP contribution in [0.1, 0.15) is 40.4 Å². The predicted octanol–water partition coefficient (Wildman–Crippen LogP) is 3.99. The molecule has 124 valence electrons. The summed E-state index contributed by atoms with van der Waals surface area (Å²) in [6.45, 7) is 5.18. The van der Waals surface area contributed by atoms with E-state index in [0.29, 0.717) is 12.8 Å². The lowest BCUT2D eigenvalue weighted by Crippen LogP contribution is -2.16. The third-order valence-corrected chi connectivity index (χ3v) is 6.08. The van der Waals surface area contributed by atoms with Gasteiger partial charge >= 0.3 is 0 Å². The van der Waals surface area contributed by atoms with Crippen molar-refractivity contribution in [3.63, 3.8) is 0 Å². The third kappa shape index (κ3) is 4.99. The molecule has 0 fully saturated rings. The van der Waals surface area contributed by atoms with Crippen molar-refractivity contribution in [2.45, 2.75) is 44.6 Å². The minimum atomic E-state index is -3.74. The third-order valence-electron chi connectivity index (χ3n) is 3.41. The van der Waals surface area contributed by atoms with E-state index in [-0.39, 0.29) is 10.7 Å². The van der Waals surface area contributed by atoms with Gasteiger partial charge in [-0.2, -0.15) is 8.42 Å². The smallest absolute Gasteiger partial charge is 0.294 e. The van der Waals surface area contributed by atoms with Crippen molar-refractivity contribution >= 4 is 27.2 Å². The highest BCUT2D eigenvalue weighted by Crippen LogP contribution is 2.21. The first-order valence-corrected chi connectivity index (χ1v) is 9.60. The summed E-state index contributed by atoms with van der Waals surface area (Å²) >= 11 is 1.44. The van der Waals surface area contributed by atoms with Gasteiger partial charge in [-0.25, -0.2) is 0 Å². The molecule has 0 radical (unpaired) electrons. The Bertz CT molecular complexity index is 773. The van der Waals surface area contributed by atoms with Crippen LogP contribution in [-0.4, -0.2) is 20.3 Å². The van der Waals surface area contributed by atoms with Gasteiger partial charge in [0, 0.05) is 4.88 Å². The largest absolute Gasteiger partial charge is 0.297 e. The maximum atomic E-state index is 12.2. The van der Waals surface area contributed by atoms with E-state index in [1.807, 2.05) is 13.0 Å². The first-order chi connectivity index (χ1) is 10.8. The number of hydrogen-bond donors (Lipinski definition) is 0. The highest BCUT2D eigenvalue weighted by Gasteiger charge is 2.19. The number of benzene rings is 1. The summed E-state index contributed by atoms with van der Waals surface area (Å²) < 4.78 is 29.6. The molecule has 23 heavy (non-hydrogen) atoms. The summed E-state index contributed by atoms with van der Waals surface area (Å²) in [6, 6.07) is 10.3. The number of Topliss-reactive ketones (excluding diaryl/α,β-unsaturated/α-hetero) is 1. The molecule has 6 heteroatoms. The number of carbonyl (C=O) groups is 1. The fourth-order valence-corrected chi connectivity index (χ4v) is 4.10. The van der Waals surface area contributed by atoms with Gasteiger partial charge in [0.1, 0.15) is 0 Å². The second kappa shape index (κ2) is 7.38. The molecule has 1 atom stereocenters. The van der Waals surface area contributed by atoms with Crippen LogP contribution < -0.4 is 0 Å². The molecule has 0 amide bonds. The summed E-state index contributed by atoms with van der Waals surface area (Å²) in [6.07, 6.45) is 0.829. The summed E-state index contributed by atoms with van der Waals surface area (Å²) in [7, 11) is -3.74. The van der Waals surface area contributed by atoms with Gasteiger partial charge in [0.05, 0.1) is 15.9 Å². The topological polar surface area (TPSA) is 60.4 Å². The minimum Gasteiger partial charge on any atom is -0.294 e. The van der Waals surface area contributed by atoms with Crippen LogP contribution >= 0.6 is 11.3 Å². The second-order valence-corrected chi connectivity index (χ2v) is 8.28. The van der Waals surface area contributed by atoms with E-state index < -0.39 is 16.2 Å². The summed E-state index contributed by atoms with van der Waals surface area (Å²) in [5.41, 5.74) is 0.996. The Morgan fingerprint density at radius 1 is 1.17 bits per heavy atom. The van der Waals surface area contributed by atoms with Crippen LogP contribution in [0.2, 0.25) is 0 Å². The van der Waals surface area contributed by atoms with E-state index in [1.54, 1.807) is 37.3 Å². The molecule has 0 aliphatic heterocycles. The Hall–Kier alpha value is -1.50. The quantitative estimate of drug-likeness (QED) is 0.558. The minimum absolute atomic E-state index is 0.0486. The van der Waals surface area contributed by atoms with Crippen molar-refractivity contribution in [1.29, 1.82) is 0 Å². The number of rotatable bonds is 7. The standard InChI is InChI=1S/C17H20O4S2/c1-12-4-9-16(10-5-12)23(19,20)21-13(2)6-7-15-8-11-17(22-15)14(3)18/h4-5,8-11,13H,6-7H2,1-3H3. The summed E-state index contributed by atoms with van der Waals surface area (Å²) in [5, 5.41) is 0. The van der Waals surface area contributed by atoms with Gasteiger partial charge in [0.15, 0.2) is 5.78 Å². The van der Waals surface area contributed by atoms with Crippen molar-refractivity contribution in [3.05, 3.63) is 51.7 Å². The Morgan fingerprint density at radius 2 is 1.83 bits per heavy atom. The Balaban J connectivity index is 1.94. The average Bonchev–Trinajstić information content (AvgIpc) is 2.94. The maximum Gasteiger partial charge on any atom is 0.297 e. The van der Waals surface area contributed by atoms with Crippen LogP contribution in [-0.2, 0) is 20.7 Å². The summed E-state index contributed by atoms with van der Waals surface area (Å²) in [4.78, 5) is 13.2. The zero-order valence-electron chi connectivity index (χ0n) is 13.4. The lowest BCUT2D eigenvalue weighted by molar-refractivity contribution is 0.102. The van der Waals surface area contributed by atoms with Crippen LogP contribution in [0, 0.1) is 6.92 Å². The van der Waals surface area contributed by atoms with Gasteiger partial charge < -0.3 is 0 Å². The van der Waals surface area contributed by atoms with Crippen molar-refractivity contribution in [2.75, 3.05) is 0 Å². The second-order valence-electron chi connectivity index (χ2n) is 5.53. The molecule has 2 aromatic rings. The number of carbonyl (C=O) groups excluding carboxylic acids is 1. The number of hydrogen-bond acceptors (Lipinski definition) is 5. The van der Waals surface area contributed by atoms with E-state index in [2.05, 4.69) is 0 Å². The van der Waals surface area contributed by atoms with Crippen molar-refractivity contribution in [3.8, 4) is 0 Å². The lowest BCUT2D eigenvalue weighted by atomic mass is 10.2. The fraction of sp³-hybridized carbons (Fsp3) is 0.353. The Kier molecular flexibility index (Phi) is 5.73. The van der Waals surface area contributed by atoms with E-state index in [0.717, 1.165) is 15.3 Å². The molecular formula is C17H20O4S2. The van der Waals surface area contributed by atoms with Crippen LogP contribution in [0.3, 0.4) is 0 Å². The first-order valence-electron chi connectivity index (χ1n) is 7.37. The molecule has 0 saturated heterocycles. The van der Waals surface area contributed by atoms with Crippen LogP contribution in [0.25, 0.3) is 0 Å². The molecule has 0 spiro atoms. The SMILES string of the molecule is CC(=O)c1ccc(CCC(C)OS(=O)(=O)c2ccc(C)cc2)s1. The van der Waals surface area contributed by atoms with E-state index in [1.165, 1.54) is 18.3 Å². The highest BCUT2D eigenvalue weighted by molar-refractivity contribution is 7.86. The highest BCUT2D eigenvalue weighted by atomic mass is 32.2. The molecule has 1 aromatic carbocycles. The molecule has 0 saturated carbocycles. The first kappa shape index (κ1) is 17.8. The molecule has 2 rings (SSSR count). The van der Waals surface area contributed by atoms with E-state index in [4.69, 9.17) is 4.18 Å². The maximum absolute atomic E-state index is 12.2. The van der Waals surface area contributed by atoms with Gasteiger partial charge in [0.25, 0.3) is 10.1 Å². The van der Waals surface area contributed by atoms with Crippen LogP contribution in [0.5, 0.6) is 0 Å². The van der Waals surface area contributed by atoms with Crippen LogP contribution in [0.15, 0.2) is 41.3 Å². The molecule has 1 unspecified atom stereocenters. The normalized spacial score (nSPS) is 13.0. The Labute approximate surface area is 141 Å². The molecule has 4 nitrogen and oxygen atoms in total. The van der Waals surface area contributed by atoms with Gasteiger partial charge in [-0.1, -0.05) is 17.7 Å². The lowest BCUT2D eigenvalue weighted by Gasteiger charge is -2.12. The van der Waals surface area contributed by atoms with Crippen molar-refractivity contribution in [2.24, 2.45) is 0 Å². The van der Waals surface area contributed by atoms with Gasteiger partial charge in [0.2, 0.25) is 0 Å². The molecular weight excluding hydrogens is 332 g/mol. The predicted molar refractivity (Wildman–Crippen MR) is 91.6 cm³/mol. The Morgan fingerprint density at radius 3 is 2.39 bits per heavy atom. The average molecular weight is 352 g/mol. The van der Waals surface area contributed by atoms with Gasteiger partial charge in [-0.05, 0) is 57.9 Å². The van der Waals surface area contributed by atoms with E-state index in [9.17, 15) is 13.2 Å². The van der Waals surface area contributed by atoms with E-state index >= 15 is 0 Å². The number of thiophene rings is 1. The molecule has 0 bridgehead atoms. The summed E-state index contributed by atoms with van der Waals surface area (Å²) in [5.74, 6) is 0.0486. The zero-order chi connectivity index (χ0) is 17.0. The number of aryl methyl sites for hydroxylation is 2. The molecule has 1 heterocycles. The zero-order valence-corrected chi connectivity index (χ0v) is 15.0. The van der Waals surface area contributed by atoms with Gasteiger partial charge in [-0.15, -0.1) is 11.3 Å². The van der Waals surface area contributed by atoms with Gasteiger partial charge in [-0.3, -0.25) is 8.98 Å². The molecule has 0 aliphatic carbocycles. The monoisotopic (exact) mass is 352 g/mol. The van der Waals surface area contributed by atoms with Crippen molar-refractivity contribution < 1.29 is 17.4 Å². The molecule has 1 aromatic heterocycles.